The first-order valence-electron chi connectivity index (χ1n) is 44.6. The Labute approximate surface area is 761 Å². The van der Waals surface area contributed by atoms with Crippen LogP contribution in [0.2, 0.25) is 0 Å². The lowest BCUT2D eigenvalue weighted by Gasteiger charge is -2.35. The number of carbonyl (C=O) groups excluding carboxylic acids is 1. The van der Waals surface area contributed by atoms with Crippen LogP contribution in [0.15, 0.2) is 311 Å². The number of carboxylic acid groups (broad SMARTS) is 1. The van der Waals surface area contributed by atoms with Crippen molar-refractivity contribution in [1.29, 1.82) is 0 Å². The third-order valence-electron chi connectivity index (χ3n) is 26.1. The van der Waals surface area contributed by atoms with Crippen LogP contribution in [0.5, 0.6) is 17.2 Å². The van der Waals surface area contributed by atoms with E-state index < -0.39 is 5.97 Å². The quantitative estimate of drug-likeness (QED) is 0.0746. The van der Waals surface area contributed by atoms with Gasteiger partial charge in [0.15, 0.2) is 0 Å². The van der Waals surface area contributed by atoms with Crippen LogP contribution in [-0.2, 0) is 82.8 Å². The van der Waals surface area contributed by atoms with E-state index in [2.05, 4.69) is 276 Å². The molecule has 4 unspecified atom stereocenters. The largest absolute Gasteiger partial charge is 0.496 e. The maximum Gasteiger partial charge on any atom is 0.341 e. The molecule has 22 rings (SSSR count). The Morgan fingerprint density at radius 2 is 0.664 bits per heavy atom. The van der Waals surface area contributed by atoms with Crippen LogP contribution in [0.1, 0.15) is 115 Å². The molecule has 4 aliphatic heterocycles. The molecule has 12 aromatic carbocycles. The third-order valence-corrected chi connectivity index (χ3v) is 26.1. The first-order valence-corrected chi connectivity index (χ1v) is 44.6. The second-order valence-electron chi connectivity index (χ2n) is 34.6. The number of methoxy groups -OCH3 is 4. The van der Waals surface area contributed by atoms with Gasteiger partial charge in [-0.2, -0.15) is 0 Å². The van der Waals surface area contributed by atoms with Gasteiger partial charge in [0.25, 0.3) is 0 Å². The van der Waals surface area contributed by atoms with Crippen molar-refractivity contribution in [1.82, 2.24) is 76.9 Å². The summed E-state index contributed by atoms with van der Waals surface area (Å²) in [4.78, 5) is 60.2. The van der Waals surface area contributed by atoms with E-state index in [0.29, 0.717) is 41.2 Å². The van der Waals surface area contributed by atoms with Gasteiger partial charge in [0.2, 0.25) is 0 Å². The van der Waals surface area contributed by atoms with E-state index >= 15 is 0 Å². The van der Waals surface area contributed by atoms with Crippen molar-refractivity contribution in [2.75, 3.05) is 28.4 Å². The topological polar surface area (TPSA) is 211 Å². The molecular formula is C108H104N16O7. The molecule has 18 aromatic rings. The number of aromatic nitrogens is 12. The molecule has 23 nitrogen and oxygen atoms in total. The molecule has 0 radical (unpaired) electrons. The first-order chi connectivity index (χ1) is 64.0. The summed E-state index contributed by atoms with van der Waals surface area (Å²) in [6, 6.07) is 88.0. The van der Waals surface area contributed by atoms with E-state index in [1.165, 1.54) is 75.5 Å². The standard InChI is InChI=1S/C28H27N5O.C27H25N5.C27H27N3O3.C26H25N3O3/c1-20-12-22-14-27(31-11-10-29-18-31)28(34-2)15-23(22)17-32(20)16-21-6-5-7-24(13-21)33-19-30-25-8-3-4-9-26(25)33;1-20-13-23-15-24(30-12-11-28-18-30)10-9-22(23)17-31(20)16-21-5-4-6-25(14-21)32-19-29-26-7-2-3-8-27(26)32;1-18-11-20-13-23(27(31)33-3)26(32-2)14-21(20)16-29(18)15-19-7-6-8-22(12-19)30-17-28-24-9-4-5-10-25(24)30;1-17-10-19-12-22(26(30)31)25(32-2)13-20(19)15-28(17)14-18-6-5-7-21(11-18)29-16-27-23-8-3-4-9-24(23)29/h3-11,13-15,18-20H,12,16-17H2,1-2H3;2-12,14-15,18-20H,13,16-17H2,1H3;4-10,12-14,17-18H,11,15-16H2,1-3H3;3-9,11-13,16-17H,10,14-15H2,1-2H3,(H,30,31). The van der Waals surface area contributed by atoms with E-state index in [1.807, 2.05) is 128 Å². The lowest BCUT2D eigenvalue weighted by Crippen LogP contribution is -2.38. The zero-order chi connectivity index (χ0) is 89.8. The Morgan fingerprint density at radius 3 is 1.02 bits per heavy atom. The van der Waals surface area contributed by atoms with Crippen molar-refractivity contribution in [3.63, 3.8) is 0 Å². The molecule has 0 saturated carbocycles. The van der Waals surface area contributed by atoms with Gasteiger partial charge in [-0.15, -0.1) is 0 Å². The molecule has 4 aliphatic rings. The first kappa shape index (κ1) is 85.6. The van der Waals surface area contributed by atoms with Gasteiger partial charge in [0.1, 0.15) is 53.7 Å². The Bertz CT molecular complexity index is 7170. The number of carboxylic acids is 1. The molecule has 0 fully saturated rings. The zero-order valence-electron chi connectivity index (χ0n) is 74.8. The van der Waals surface area contributed by atoms with Gasteiger partial charge in [-0.3, -0.25) is 37.9 Å². The van der Waals surface area contributed by atoms with Crippen LogP contribution in [-0.4, -0.2) is 147 Å². The van der Waals surface area contributed by atoms with E-state index in [4.69, 9.17) is 18.9 Å². The Hall–Kier alpha value is -14.9. The summed E-state index contributed by atoms with van der Waals surface area (Å²) in [6.45, 7) is 16.0. The summed E-state index contributed by atoms with van der Waals surface area (Å²) in [5.41, 5.74) is 31.2. The van der Waals surface area contributed by atoms with Crippen molar-refractivity contribution >= 4 is 56.1 Å². The number of aromatic carboxylic acids is 1. The fourth-order valence-electron chi connectivity index (χ4n) is 19.0. The molecule has 1 N–H and O–H groups in total. The highest BCUT2D eigenvalue weighted by molar-refractivity contribution is 5.93. The number of ether oxygens (including phenoxy) is 4. The minimum atomic E-state index is -0.955. The molecule has 0 spiro atoms. The predicted octanol–water partition coefficient (Wildman–Crippen LogP) is 19.8. The van der Waals surface area contributed by atoms with E-state index in [9.17, 15) is 14.7 Å². The average molecular weight is 1740 g/mol. The molecule has 0 aliphatic carbocycles. The van der Waals surface area contributed by atoms with Gasteiger partial charge in [-0.25, -0.2) is 39.5 Å². The number of hydrogen-bond donors (Lipinski definition) is 1. The lowest BCUT2D eigenvalue weighted by atomic mass is 9.92. The van der Waals surface area contributed by atoms with Crippen molar-refractivity contribution in [3.05, 3.63) is 389 Å². The Morgan fingerprint density at radius 1 is 0.328 bits per heavy atom. The highest BCUT2D eigenvalue weighted by Gasteiger charge is 2.31. The van der Waals surface area contributed by atoms with Gasteiger partial charge in [0.05, 0.1) is 90.9 Å². The van der Waals surface area contributed by atoms with Crippen LogP contribution in [0, 0.1) is 0 Å². The third kappa shape index (κ3) is 18.2. The minimum absolute atomic E-state index is 0.229. The number of benzene rings is 12. The van der Waals surface area contributed by atoms with Crippen LogP contribution in [0.25, 0.3) is 78.3 Å². The van der Waals surface area contributed by atoms with Crippen molar-refractivity contribution in [2.45, 2.75) is 130 Å². The number of imidazole rings is 6. The monoisotopic (exact) mass is 1740 g/mol. The molecule has 0 saturated heterocycles. The summed E-state index contributed by atoms with van der Waals surface area (Å²) < 4.78 is 34.1. The van der Waals surface area contributed by atoms with E-state index in [0.717, 1.165) is 167 Å². The van der Waals surface area contributed by atoms with Gasteiger partial charge in [-0.1, -0.05) is 103 Å². The number of carbonyl (C=O) groups is 2. The average Bonchev–Trinajstić information content (AvgIpc) is 1.76. The normalized spacial score (nSPS) is 16.1. The molecule has 131 heavy (non-hydrogen) atoms. The van der Waals surface area contributed by atoms with Crippen molar-refractivity contribution < 1.29 is 33.6 Å². The van der Waals surface area contributed by atoms with Gasteiger partial charge in [-0.05, 0) is 266 Å². The molecule has 10 heterocycles. The number of para-hydroxylation sites is 8. The fourth-order valence-corrected chi connectivity index (χ4v) is 19.0. The number of nitrogens with zero attached hydrogens (tertiary/aromatic N) is 16. The summed E-state index contributed by atoms with van der Waals surface area (Å²) in [5, 5.41) is 9.48. The zero-order valence-corrected chi connectivity index (χ0v) is 74.8. The maximum absolute atomic E-state index is 12.2. The Kier molecular flexibility index (Phi) is 24.7. The van der Waals surface area contributed by atoms with Crippen LogP contribution < -0.4 is 14.2 Å². The Balaban J connectivity index is 0.000000113. The molecule has 658 valence electrons. The van der Waals surface area contributed by atoms with E-state index in [1.54, 1.807) is 26.5 Å². The second-order valence-corrected chi connectivity index (χ2v) is 34.6. The van der Waals surface area contributed by atoms with Crippen LogP contribution >= 0.6 is 0 Å². The highest BCUT2D eigenvalue weighted by Crippen LogP contribution is 2.38. The molecular weight excluding hydrogens is 1630 g/mol. The highest BCUT2D eigenvalue weighted by atomic mass is 16.5. The number of hydrogen-bond acceptors (Lipinski definition) is 16. The SMILES string of the molecule is CC1Cc2cc(-n3ccnc3)ccc2CN1Cc1cccc(-n2cnc3ccccc32)c1.COC(=O)c1cc2c(cc1OC)CN(Cc1cccc(-n3cnc4ccccc43)c1)C(C)C2.COc1cc2c(cc1-n1ccnc1)CC(C)N(Cc1cccc(-n3cnc4ccccc43)c1)C2.COc1cc2c(cc1C(=O)O)CC(C)N(Cc1cccc(-n3cnc4ccccc43)c1)C2. The lowest BCUT2D eigenvalue weighted by molar-refractivity contribution is 0.0595. The minimum Gasteiger partial charge on any atom is -0.496 e. The number of esters is 1. The summed E-state index contributed by atoms with van der Waals surface area (Å²) >= 11 is 0. The molecule has 4 atom stereocenters. The predicted molar refractivity (Wildman–Crippen MR) is 512 cm³/mol. The molecule has 0 amide bonds. The summed E-state index contributed by atoms with van der Waals surface area (Å²) in [7, 11) is 6.23. The number of rotatable bonds is 19. The second kappa shape index (κ2) is 37.8. The smallest absolute Gasteiger partial charge is 0.341 e. The summed E-state index contributed by atoms with van der Waals surface area (Å²) in [6.07, 6.45) is 22.6. The fraction of sp³-hybridized carbons (Fsp3) is 0.222. The summed E-state index contributed by atoms with van der Waals surface area (Å²) in [5.74, 6) is 0.529. The van der Waals surface area contributed by atoms with Gasteiger partial charge in [0, 0.05) is 130 Å². The van der Waals surface area contributed by atoms with Crippen LogP contribution in [0.3, 0.4) is 0 Å². The molecule has 6 aromatic heterocycles. The van der Waals surface area contributed by atoms with Gasteiger partial charge >= 0.3 is 11.9 Å². The van der Waals surface area contributed by atoms with Crippen molar-refractivity contribution in [2.24, 2.45) is 0 Å². The van der Waals surface area contributed by atoms with Gasteiger partial charge < -0.3 is 33.2 Å². The van der Waals surface area contributed by atoms with E-state index in [-0.39, 0.29) is 11.5 Å². The number of fused-ring (bicyclic) bond motifs is 8. The van der Waals surface area contributed by atoms with Crippen molar-refractivity contribution in [3.8, 4) is 51.4 Å². The molecule has 0 bridgehead atoms. The van der Waals surface area contributed by atoms with Crippen LogP contribution in [0.4, 0.5) is 0 Å². The molecule has 23 heteroatoms. The maximum atomic E-state index is 12.2.